The average Bonchev–Trinajstić information content (AvgIpc) is 2.72. The Labute approximate surface area is 163 Å². The fourth-order valence-electron chi connectivity index (χ4n) is 2.91. The second kappa shape index (κ2) is 8.61. The number of unbranched alkanes of at least 4 members (excludes halogenated alkanes) is 1. The standard InChI is InChI=1S/C22H24N4O2/c1-4-5-14-26-22(28)19-9-7-6-8-18(19)20(25-26)21(27)24-23-16(3)17-12-10-15(2)11-13-17/h6-13H,4-5,14H2,1-3H3,(H,24,27)/b23-16-. The Morgan fingerprint density at radius 3 is 2.46 bits per heavy atom. The molecule has 0 aliphatic rings. The number of fused-ring (bicyclic) bond motifs is 1. The summed E-state index contributed by atoms with van der Waals surface area (Å²) in [6.45, 7) is 6.37. The van der Waals surface area contributed by atoms with Crippen LogP contribution in [0.25, 0.3) is 10.8 Å². The Balaban J connectivity index is 1.94. The first-order valence-corrected chi connectivity index (χ1v) is 9.42. The van der Waals surface area contributed by atoms with Crippen LogP contribution < -0.4 is 11.0 Å². The predicted molar refractivity (Wildman–Crippen MR) is 112 cm³/mol. The topological polar surface area (TPSA) is 76.3 Å². The molecule has 0 bridgehead atoms. The third-order valence-corrected chi connectivity index (χ3v) is 4.60. The third kappa shape index (κ3) is 4.17. The minimum absolute atomic E-state index is 0.181. The molecule has 1 heterocycles. The number of carbonyl (C=O) groups excluding carboxylic acids is 1. The first kappa shape index (κ1) is 19.5. The molecule has 0 atom stereocenters. The highest BCUT2D eigenvalue weighted by Crippen LogP contribution is 2.13. The van der Waals surface area contributed by atoms with E-state index in [4.69, 9.17) is 0 Å². The first-order valence-electron chi connectivity index (χ1n) is 9.42. The van der Waals surface area contributed by atoms with Crippen LogP contribution in [0.2, 0.25) is 0 Å². The lowest BCUT2D eigenvalue weighted by atomic mass is 10.1. The van der Waals surface area contributed by atoms with Crippen molar-refractivity contribution in [2.75, 3.05) is 0 Å². The van der Waals surface area contributed by atoms with E-state index in [1.807, 2.05) is 45.0 Å². The van der Waals surface area contributed by atoms with E-state index in [0.717, 1.165) is 24.0 Å². The molecule has 0 fully saturated rings. The molecule has 144 valence electrons. The van der Waals surface area contributed by atoms with Gasteiger partial charge in [0.25, 0.3) is 11.5 Å². The molecule has 2 aromatic carbocycles. The third-order valence-electron chi connectivity index (χ3n) is 4.60. The van der Waals surface area contributed by atoms with E-state index in [1.54, 1.807) is 24.3 Å². The van der Waals surface area contributed by atoms with Crippen molar-refractivity contribution in [3.63, 3.8) is 0 Å². The molecule has 6 nitrogen and oxygen atoms in total. The number of carbonyl (C=O) groups is 1. The van der Waals surface area contributed by atoms with Crippen LogP contribution in [-0.4, -0.2) is 21.4 Å². The van der Waals surface area contributed by atoms with Crippen molar-refractivity contribution in [2.24, 2.45) is 5.10 Å². The monoisotopic (exact) mass is 376 g/mol. The maximum atomic E-state index is 12.8. The molecule has 1 amide bonds. The molecule has 0 aliphatic carbocycles. The summed E-state index contributed by atoms with van der Waals surface area (Å²) >= 11 is 0. The highest BCUT2D eigenvalue weighted by Gasteiger charge is 2.16. The van der Waals surface area contributed by atoms with Gasteiger partial charge in [-0.3, -0.25) is 9.59 Å². The van der Waals surface area contributed by atoms with Gasteiger partial charge in [0, 0.05) is 11.9 Å². The Bertz CT molecular complexity index is 1080. The van der Waals surface area contributed by atoms with Gasteiger partial charge in [-0.1, -0.05) is 61.4 Å². The molecular weight excluding hydrogens is 352 g/mol. The van der Waals surface area contributed by atoms with Gasteiger partial charge in [0.15, 0.2) is 5.69 Å². The molecule has 0 aliphatic heterocycles. The van der Waals surface area contributed by atoms with Gasteiger partial charge in [0.2, 0.25) is 0 Å². The van der Waals surface area contributed by atoms with Crippen LogP contribution in [0, 0.1) is 6.92 Å². The first-order chi connectivity index (χ1) is 13.5. The smallest absolute Gasteiger partial charge is 0.267 e. The van der Waals surface area contributed by atoms with Crippen molar-refractivity contribution in [2.45, 2.75) is 40.2 Å². The molecule has 0 saturated carbocycles. The zero-order valence-electron chi connectivity index (χ0n) is 16.4. The van der Waals surface area contributed by atoms with Crippen molar-refractivity contribution in [1.29, 1.82) is 0 Å². The zero-order chi connectivity index (χ0) is 20.1. The molecule has 0 unspecified atom stereocenters. The minimum atomic E-state index is -0.437. The summed E-state index contributed by atoms with van der Waals surface area (Å²) in [5.41, 5.74) is 5.38. The predicted octanol–water partition coefficient (Wildman–Crippen LogP) is 3.66. The van der Waals surface area contributed by atoms with Gasteiger partial charge in [-0.05, 0) is 31.9 Å². The number of hydrazone groups is 1. The van der Waals surface area contributed by atoms with Crippen LogP contribution in [-0.2, 0) is 6.54 Å². The molecule has 3 rings (SSSR count). The van der Waals surface area contributed by atoms with Gasteiger partial charge in [-0.2, -0.15) is 10.2 Å². The van der Waals surface area contributed by atoms with Gasteiger partial charge >= 0.3 is 0 Å². The number of hydrogen-bond donors (Lipinski definition) is 1. The summed E-state index contributed by atoms with van der Waals surface area (Å²) in [5, 5.41) is 9.55. The van der Waals surface area contributed by atoms with Crippen molar-refractivity contribution < 1.29 is 4.79 Å². The van der Waals surface area contributed by atoms with Crippen LogP contribution in [0.1, 0.15) is 48.3 Å². The number of amides is 1. The van der Waals surface area contributed by atoms with Crippen LogP contribution in [0.4, 0.5) is 0 Å². The maximum Gasteiger partial charge on any atom is 0.292 e. The van der Waals surface area contributed by atoms with Gasteiger partial charge in [0.05, 0.1) is 11.1 Å². The quantitative estimate of drug-likeness (QED) is 0.527. The Morgan fingerprint density at radius 2 is 1.79 bits per heavy atom. The van der Waals surface area contributed by atoms with Gasteiger partial charge < -0.3 is 0 Å². The molecular formula is C22H24N4O2. The van der Waals surface area contributed by atoms with E-state index in [1.165, 1.54) is 4.68 Å². The van der Waals surface area contributed by atoms with E-state index in [2.05, 4.69) is 15.6 Å². The lowest BCUT2D eigenvalue weighted by molar-refractivity contribution is 0.0949. The average molecular weight is 376 g/mol. The largest absolute Gasteiger partial charge is 0.292 e. The van der Waals surface area contributed by atoms with Crippen LogP contribution >= 0.6 is 0 Å². The van der Waals surface area contributed by atoms with Crippen LogP contribution in [0.5, 0.6) is 0 Å². The van der Waals surface area contributed by atoms with E-state index in [-0.39, 0.29) is 11.3 Å². The summed E-state index contributed by atoms with van der Waals surface area (Å²) in [4.78, 5) is 25.4. The van der Waals surface area contributed by atoms with Gasteiger partial charge in [-0.15, -0.1) is 0 Å². The molecule has 0 radical (unpaired) electrons. The summed E-state index contributed by atoms with van der Waals surface area (Å²) in [7, 11) is 0. The molecule has 3 aromatic rings. The molecule has 28 heavy (non-hydrogen) atoms. The summed E-state index contributed by atoms with van der Waals surface area (Å²) in [5.74, 6) is -0.437. The molecule has 1 N–H and O–H groups in total. The van der Waals surface area contributed by atoms with E-state index in [0.29, 0.717) is 23.0 Å². The maximum absolute atomic E-state index is 12.8. The molecule has 0 saturated heterocycles. The van der Waals surface area contributed by atoms with Crippen LogP contribution in [0.15, 0.2) is 58.4 Å². The number of benzene rings is 2. The van der Waals surface area contributed by atoms with Crippen molar-refractivity contribution in [3.05, 3.63) is 75.7 Å². The minimum Gasteiger partial charge on any atom is -0.267 e. The molecule has 1 aromatic heterocycles. The lowest BCUT2D eigenvalue weighted by Crippen LogP contribution is -2.29. The zero-order valence-corrected chi connectivity index (χ0v) is 16.4. The number of nitrogens with zero attached hydrogens (tertiary/aromatic N) is 3. The summed E-state index contributed by atoms with van der Waals surface area (Å²) in [6, 6.07) is 14.9. The molecule has 6 heteroatoms. The Hall–Kier alpha value is -3.28. The SMILES string of the molecule is CCCCn1nc(C(=O)N/N=C(/C)c2ccc(C)cc2)c2ccccc2c1=O. The van der Waals surface area contributed by atoms with E-state index >= 15 is 0 Å². The van der Waals surface area contributed by atoms with Gasteiger partial charge in [0.1, 0.15) is 0 Å². The van der Waals surface area contributed by atoms with Crippen molar-refractivity contribution in [1.82, 2.24) is 15.2 Å². The number of aromatic nitrogens is 2. The highest BCUT2D eigenvalue weighted by molar-refractivity contribution is 6.06. The second-order valence-corrected chi connectivity index (χ2v) is 6.78. The fourth-order valence-corrected chi connectivity index (χ4v) is 2.91. The van der Waals surface area contributed by atoms with Gasteiger partial charge in [-0.25, -0.2) is 10.1 Å². The number of hydrogen-bond acceptors (Lipinski definition) is 4. The summed E-state index contributed by atoms with van der Waals surface area (Å²) < 4.78 is 1.37. The summed E-state index contributed by atoms with van der Waals surface area (Å²) in [6.07, 6.45) is 1.75. The van der Waals surface area contributed by atoms with E-state index in [9.17, 15) is 9.59 Å². The van der Waals surface area contributed by atoms with E-state index < -0.39 is 5.91 Å². The Kier molecular flexibility index (Phi) is 5.99. The number of rotatable bonds is 6. The Morgan fingerprint density at radius 1 is 1.11 bits per heavy atom. The highest BCUT2D eigenvalue weighted by atomic mass is 16.2. The number of nitrogens with one attached hydrogen (secondary N) is 1. The normalized spacial score (nSPS) is 11.6. The van der Waals surface area contributed by atoms with Crippen molar-refractivity contribution >= 4 is 22.4 Å². The van der Waals surface area contributed by atoms with Crippen molar-refractivity contribution in [3.8, 4) is 0 Å². The molecule has 0 spiro atoms. The second-order valence-electron chi connectivity index (χ2n) is 6.78. The lowest BCUT2D eigenvalue weighted by Gasteiger charge is -2.10. The fraction of sp³-hybridized carbons (Fsp3) is 0.273. The van der Waals surface area contributed by atoms with Crippen LogP contribution in [0.3, 0.4) is 0 Å². The number of aryl methyl sites for hydroxylation is 2.